The lowest BCUT2D eigenvalue weighted by molar-refractivity contribution is 0.257. The molecule has 1 aromatic carbocycles. The highest BCUT2D eigenvalue weighted by Crippen LogP contribution is 2.30. The number of aliphatic hydroxyl groups is 1. The fourth-order valence-corrected chi connectivity index (χ4v) is 2.78. The number of hydrogen-bond acceptors (Lipinski definition) is 2. The van der Waals surface area contributed by atoms with E-state index in [9.17, 15) is 0 Å². The van der Waals surface area contributed by atoms with E-state index in [0.717, 1.165) is 35.2 Å². The Morgan fingerprint density at radius 2 is 2.33 bits per heavy atom. The third kappa shape index (κ3) is 2.60. The Balaban J connectivity index is 2.25. The van der Waals surface area contributed by atoms with E-state index in [2.05, 4.69) is 16.3 Å². The molecule has 1 atom stereocenters. The highest BCUT2D eigenvalue weighted by Gasteiger charge is 2.29. The molecule has 0 saturated carbocycles. The summed E-state index contributed by atoms with van der Waals surface area (Å²) in [6.07, 6.45) is 0.720. The van der Waals surface area contributed by atoms with Crippen LogP contribution in [-0.2, 0) is 0 Å². The van der Waals surface area contributed by atoms with Crippen molar-refractivity contribution in [2.45, 2.75) is 19.4 Å². The van der Waals surface area contributed by atoms with E-state index in [1.54, 1.807) is 0 Å². The second-order valence-electron chi connectivity index (χ2n) is 4.43. The predicted octanol–water partition coefficient (Wildman–Crippen LogP) is 2.26. The Morgan fingerprint density at radius 3 is 3.06 bits per heavy atom. The van der Waals surface area contributed by atoms with Gasteiger partial charge in [0.1, 0.15) is 0 Å². The van der Waals surface area contributed by atoms with Gasteiger partial charge < -0.3 is 15.3 Å². The summed E-state index contributed by atoms with van der Waals surface area (Å²) >= 11 is 11.5. The van der Waals surface area contributed by atoms with Crippen LogP contribution in [0.5, 0.6) is 0 Å². The number of aliphatic hydroxyl groups excluding tert-OH is 1. The molecule has 0 amide bonds. The van der Waals surface area contributed by atoms with E-state index in [4.69, 9.17) is 28.9 Å². The number of rotatable bonds is 4. The SMILES string of the molecule is Cc1c(Cl)cccc1C1CNC(=S)N1CCCO. The minimum atomic E-state index is 0.181. The Labute approximate surface area is 118 Å². The van der Waals surface area contributed by atoms with Crippen LogP contribution >= 0.6 is 23.8 Å². The third-order valence-corrected chi connectivity index (χ3v) is 4.10. The van der Waals surface area contributed by atoms with Gasteiger partial charge in [-0.2, -0.15) is 0 Å². The second-order valence-corrected chi connectivity index (χ2v) is 5.22. The molecule has 0 aromatic heterocycles. The first-order valence-corrected chi connectivity index (χ1v) is 6.84. The van der Waals surface area contributed by atoms with Crippen LogP contribution in [-0.4, -0.2) is 34.8 Å². The second kappa shape index (κ2) is 5.87. The predicted molar refractivity (Wildman–Crippen MR) is 77.9 cm³/mol. The van der Waals surface area contributed by atoms with Crippen molar-refractivity contribution in [3.05, 3.63) is 34.3 Å². The number of hydrogen-bond donors (Lipinski definition) is 2. The summed E-state index contributed by atoms with van der Waals surface area (Å²) in [5.41, 5.74) is 2.30. The standard InChI is InChI=1S/C13H17ClN2OS/c1-9-10(4-2-5-11(9)14)12-8-15-13(18)16(12)6-3-7-17/h2,4-5,12,17H,3,6-8H2,1H3,(H,15,18). The van der Waals surface area contributed by atoms with E-state index in [-0.39, 0.29) is 12.6 Å². The molecule has 1 aliphatic rings. The summed E-state index contributed by atoms with van der Waals surface area (Å²) in [5, 5.41) is 13.7. The lowest BCUT2D eigenvalue weighted by Crippen LogP contribution is -2.31. The molecule has 5 heteroatoms. The summed E-state index contributed by atoms with van der Waals surface area (Å²) in [6, 6.07) is 6.17. The summed E-state index contributed by atoms with van der Waals surface area (Å²) in [4.78, 5) is 2.13. The molecule has 98 valence electrons. The Bertz CT molecular complexity index is 453. The molecule has 1 fully saturated rings. The minimum absolute atomic E-state index is 0.181. The van der Waals surface area contributed by atoms with Gasteiger partial charge >= 0.3 is 0 Å². The summed E-state index contributed by atoms with van der Waals surface area (Å²) < 4.78 is 0. The van der Waals surface area contributed by atoms with E-state index in [0.29, 0.717) is 0 Å². The molecule has 1 unspecified atom stereocenters. The Hall–Kier alpha value is -0.840. The van der Waals surface area contributed by atoms with Crippen molar-refractivity contribution in [2.24, 2.45) is 0 Å². The van der Waals surface area contributed by atoms with Crippen molar-refractivity contribution in [1.82, 2.24) is 10.2 Å². The summed E-state index contributed by atoms with van der Waals surface area (Å²) in [6.45, 7) is 3.77. The van der Waals surface area contributed by atoms with Gasteiger partial charge in [-0.05, 0) is 42.8 Å². The number of thiocarbonyl (C=S) groups is 1. The first-order valence-electron chi connectivity index (χ1n) is 6.05. The average Bonchev–Trinajstić information content (AvgIpc) is 2.72. The maximum Gasteiger partial charge on any atom is 0.169 e. The molecule has 0 bridgehead atoms. The van der Waals surface area contributed by atoms with Gasteiger partial charge in [0, 0.05) is 24.7 Å². The number of nitrogens with one attached hydrogen (secondary N) is 1. The molecule has 2 N–H and O–H groups in total. The molecule has 1 saturated heterocycles. The molecule has 1 aromatic rings. The van der Waals surface area contributed by atoms with E-state index < -0.39 is 0 Å². The molecule has 3 nitrogen and oxygen atoms in total. The summed E-state index contributed by atoms with van der Waals surface area (Å²) in [5.74, 6) is 0. The fraction of sp³-hybridized carbons (Fsp3) is 0.462. The van der Waals surface area contributed by atoms with Crippen LogP contribution in [0.4, 0.5) is 0 Å². The zero-order valence-electron chi connectivity index (χ0n) is 10.3. The molecular formula is C13H17ClN2OS. The lowest BCUT2D eigenvalue weighted by Gasteiger charge is -2.26. The minimum Gasteiger partial charge on any atom is -0.396 e. The van der Waals surface area contributed by atoms with Crippen molar-refractivity contribution in [1.29, 1.82) is 0 Å². The first-order chi connectivity index (χ1) is 8.65. The van der Waals surface area contributed by atoms with Crippen LogP contribution in [0.3, 0.4) is 0 Å². The molecular weight excluding hydrogens is 268 g/mol. The zero-order valence-corrected chi connectivity index (χ0v) is 11.9. The van der Waals surface area contributed by atoms with Gasteiger partial charge in [0.2, 0.25) is 0 Å². The highest BCUT2D eigenvalue weighted by molar-refractivity contribution is 7.80. The van der Waals surface area contributed by atoms with Crippen LogP contribution in [0.1, 0.15) is 23.6 Å². The molecule has 0 radical (unpaired) electrons. The van der Waals surface area contributed by atoms with Crippen molar-refractivity contribution in [3.8, 4) is 0 Å². The van der Waals surface area contributed by atoms with Crippen LogP contribution in [0, 0.1) is 6.92 Å². The number of benzene rings is 1. The van der Waals surface area contributed by atoms with E-state index in [1.165, 1.54) is 5.56 Å². The van der Waals surface area contributed by atoms with Crippen molar-refractivity contribution < 1.29 is 5.11 Å². The topological polar surface area (TPSA) is 35.5 Å². The van der Waals surface area contributed by atoms with Gasteiger partial charge in [-0.15, -0.1) is 0 Å². The van der Waals surface area contributed by atoms with Gasteiger partial charge in [-0.25, -0.2) is 0 Å². The Morgan fingerprint density at radius 1 is 1.56 bits per heavy atom. The quantitative estimate of drug-likeness (QED) is 0.832. The van der Waals surface area contributed by atoms with Crippen molar-refractivity contribution >= 4 is 28.9 Å². The maximum atomic E-state index is 8.96. The molecule has 1 heterocycles. The van der Waals surface area contributed by atoms with Crippen LogP contribution in [0.15, 0.2) is 18.2 Å². The largest absolute Gasteiger partial charge is 0.396 e. The first kappa shape index (κ1) is 13.6. The van der Waals surface area contributed by atoms with Crippen molar-refractivity contribution in [3.63, 3.8) is 0 Å². The monoisotopic (exact) mass is 284 g/mol. The fourth-order valence-electron chi connectivity index (χ4n) is 2.30. The average molecular weight is 285 g/mol. The highest BCUT2D eigenvalue weighted by atomic mass is 35.5. The number of nitrogens with zero attached hydrogens (tertiary/aromatic N) is 1. The number of halogens is 1. The van der Waals surface area contributed by atoms with Crippen LogP contribution in [0.2, 0.25) is 5.02 Å². The molecule has 0 aliphatic carbocycles. The molecule has 0 spiro atoms. The van der Waals surface area contributed by atoms with Crippen molar-refractivity contribution in [2.75, 3.05) is 19.7 Å². The molecule has 1 aliphatic heterocycles. The van der Waals surface area contributed by atoms with Gasteiger partial charge in [0.25, 0.3) is 0 Å². The van der Waals surface area contributed by atoms with E-state index >= 15 is 0 Å². The molecule has 2 rings (SSSR count). The smallest absolute Gasteiger partial charge is 0.169 e. The van der Waals surface area contributed by atoms with Gasteiger partial charge in [-0.3, -0.25) is 0 Å². The Kier molecular flexibility index (Phi) is 4.43. The van der Waals surface area contributed by atoms with Gasteiger partial charge in [-0.1, -0.05) is 23.7 Å². The van der Waals surface area contributed by atoms with Gasteiger partial charge in [0.15, 0.2) is 5.11 Å². The normalized spacial score (nSPS) is 19.2. The third-order valence-electron chi connectivity index (χ3n) is 3.31. The maximum absolute atomic E-state index is 8.96. The summed E-state index contributed by atoms with van der Waals surface area (Å²) in [7, 11) is 0. The zero-order chi connectivity index (χ0) is 13.1. The van der Waals surface area contributed by atoms with Crippen LogP contribution in [0.25, 0.3) is 0 Å². The van der Waals surface area contributed by atoms with Gasteiger partial charge in [0.05, 0.1) is 6.04 Å². The van der Waals surface area contributed by atoms with Crippen LogP contribution < -0.4 is 5.32 Å². The van der Waals surface area contributed by atoms with E-state index in [1.807, 2.05) is 19.1 Å². The molecule has 18 heavy (non-hydrogen) atoms. The lowest BCUT2D eigenvalue weighted by atomic mass is 10.0.